The summed E-state index contributed by atoms with van der Waals surface area (Å²) in [5.74, 6) is -0.173. The highest BCUT2D eigenvalue weighted by Gasteiger charge is 2.23. The lowest BCUT2D eigenvalue weighted by Gasteiger charge is -2.30. The van der Waals surface area contributed by atoms with Crippen LogP contribution in [-0.2, 0) is 24.2 Å². The van der Waals surface area contributed by atoms with E-state index in [1.54, 1.807) is 6.07 Å². The number of nitrogens with zero attached hydrogens (tertiary/aromatic N) is 2. The van der Waals surface area contributed by atoms with Crippen LogP contribution < -0.4 is 0 Å². The predicted octanol–water partition coefficient (Wildman–Crippen LogP) is 4.65. The summed E-state index contributed by atoms with van der Waals surface area (Å²) >= 11 is 7.17. The van der Waals surface area contributed by atoms with E-state index in [9.17, 15) is 9.18 Å². The molecule has 2 heterocycles. The monoisotopic (exact) mass is 454 g/mol. The minimum absolute atomic E-state index is 0.162. The Hall–Kier alpha value is -1.27. The van der Waals surface area contributed by atoms with Gasteiger partial charge in [0.1, 0.15) is 5.82 Å². The normalized spacial score (nSPS) is 13.7. The van der Waals surface area contributed by atoms with Crippen LogP contribution in [0.1, 0.15) is 29.7 Å². The van der Waals surface area contributed by atoms with Crippen LogP contribution in [0.5, 0.6) is 0 Å². The summed E-state index contributed by atoms with van der Waals surface area (Å²) in [4.78, 5) is 18.4. The van der Waals surface area contributed by atoms with Crippen LogP contribution in [-0.4, -0.2) is 22.3 Å². The van der Waals surface area contributed by atoms with Gasteiger partial charge < -0.3 is 4.90 Å². The van der Waals surface area contributed by atoms with E-state index >= 15 is 0 Å². The summed E-state index contributed by atoms with van der Waals surface area (Å²) in [5.41, 5.74) is 3.29. The highest BCUT2D eigenvalue weighted by Crippen LogP contribution is 2.32. The zero-order chi connectivity index (χ0) is 17.1. The molecule has 0 saturated carbocycles. The summed E-state index contributed by atoms with van der Waals surface area (Å²) in [5, 5.41) is 0. The number of pyridine rings is 1. The molecule has 0 aliphatic carbocycles. The fourth-order valence-electron chi connectivity index (χ4n) is 2.94. The maximum absolute atomic E-state index is 12.8. The second-order valence-corrected chi connectivity index (χ2v) is 7.58. The van der Waals surface area contributed by atoms with Crippen molar-refractivity contribution in [1.29, 1.82) is 0 Å². The zero-order valence-corrected chi connectivity index (χ0v) is 16.2. The summed E-state index contributed by atoms with van der Waals surface area (Å²) in [6.45, 7) is 1.39. The van der Waals surface area contributed by atoms with Gasteiger partial charge in [0.2, 0.25) is 5.91 Å². The second kappa shape index (κ2) is 7.74. The minimum atomic E-state index is -0.335. The average Bonchev–Trinajstić information content (AvgIpc) is 2.59. The molecule has 0 unspecified atom stereocenters. The summed E-state index contributed by atoms with van der Waals surface area (Å²) < 4.78 is 15.0. The van der Waals surface area contributed by atoms with Crippen molar-refractivity contribution in [1.82, 2.24) is 9.88 Å². The maximum atomic E-state index is 12.8. The van der Waals surface area contributed by atoms with Crippen LogP contribution in [0.2, 0.25) is 0 Å². The number of carbonyl (C=O) groups excluding carboxylic acids is 1. The number of fused-ring (bicyclic) bond motifs is 1. The molecule has 1 aromatic heterocycles. The molecule has 1 aliphatic heterocycles. The van der Waals surface area contributed by atoms with Crippen molar-refractivity contribution in [2.45, 2.75) is 32.2 Å². The summed E-state index contributed by atoms with van der Waals surface area (Å²) in [6, 6.07) is 7.12. The molecule has 0 atom stereocenters. The van der Waals surface area contributed by atoms with E-state index in [0.29, 0.717) is 19.4 Å². The number of halogens is 3. The van der Waals surface area contributed by atoms with E-state index in [1.807, 2.05) is 17.0 Å². The molecule has 0 spiro atoms. The number of amides is 1. The number of carbonyl (C=O) groups is 1. The second-order valence-electron chi connectivity index (χ2n) is 5.87. The van der Waals surface area contributed by atoms with Gasteiger partial charge in [-0.2, -0.15) is 0 Å². The van der Waals surface area contributed by atoms with Crippen LogP contribution >= 0.6 is 31.9 Å². The molecule has 0 fully saturated rings. The van der Waals surface area contributed by atoms with Crippen molar-refractivity contribution in [3.05, 3.63) is 62.0 Å². The lowest BCUT2D eigenvalue weighted by molar-refractivity contribution is -0.132. The third kappa shape index (κ3) is 4.03. The van der Waals surface area contributed by atoms with Gasteiger partial charge in [0, 0.05) is 34.1 Å². The zero-order valence-electron chi connectivity index (χ0n) is 13.1. The van der Waals surface area contributed by atoms with E-state index < -0.39 is 0 Å². The summed E-state index contributed by atoms with van der Waals surface area (Å²) in [7, 11) is 0. The SMILES string of the molecule is O=C(CCCc1ccc(F)cn1)N1CCc2c(Br)ccc(Br)c2C1. The van der Waals surface area contributed by atoms with Crippen molar-refractivity contribution in [2.75, 3.05) is 6.54 Å². The molecule has 0 saturated heterocycles. The standard InChI is InChI=1S/C18H17Br2FN2O/c19-16-6-7-17(20)15-11-23(9-8-14(15)16)18(24)3-1-2-13-5-4-12(21)10-22-13/h4-7,10H,1-3,8-9,11H2. The Bertz CT molecular complexity index is 749. The Morgan fingerprint density at radius 2 is 1.92 bits per heavy atom. The van der Waals surface area contributed by atoms with Gasteiger partial charge in [0.25, 0.3) is 0 Å². The van der Waals surface area contributed by atoms with Crippen LogP contribution in [0.3, 0.4) is 0 Å². The molecule has 126 valence electrons. The Kier molecular flexibility index (Phi) is 5.66. The lowest BCUT2D eigenvalue weighted by Crippen LogP contribution is -2.36. The van der Waals surface area contributed by atoms with E-state index in [4.69, 9.17) is 0 Å². The maximum Gasteiger partial charge on any atom is 0.222 e. The first-order chi connectivity index (χ1) is 11.5. The van der Waals surface area contributed by atoms with Crippen molar-refractivity contribution in [3.8, 4) is 0 Å². The number of hydrogen-bond donors (Lipinski definition) is 0. The Morgan fingerprint density at radius 1 is 1.17 bits per heavy atom. The Balaban J connectivity index is 1.56. The molecule has 0 bridgehead atoms. The van der Waals surface area contributed by atoms with Gasteiger partial charge in [-0.3, -0.25) is 9.78 Å². The molecule has 1 aliphatic rings. The third-order valence-electron chi connectivity index (χ3n) is 4.26. The number of hydrogen-bond acceptors (Lipinski definition) is 2. The van der Waals surface area contributed by atoms with Crippen LogP contribution in [0.15, 0.2) is 39.4 Å². The number of aryl methyl sites for hydroxylation is 1. The van der Waals surface area contributed by atoms with Gasteiger partial charge in [-0.1, -0.05) is 31.9 Å². The first kappa shape index (κ1) is 17.5. The first-order valence-electron chi connectivity index (χ1n) is 7.88. The van der Waals surface area contributed by atoms with E-state index in [-0.39, 0.29) is 11.7 Å². The largest absolute Gasteiger partial charge is 0.338 e. The molecule has 24 heavy (non-hydrogen) atoms. The fourth-order valence-corrected chi connectivity index (χ4v) is 4.01. The van der Waals surface area contributed by atoms with Gasteiger partial charge in [0.05, 0.1) is 6.20 Å². The quantitative estimate of drug-likeness (QED) is 0.672. The number of rotatable bonds is 4. The third-order valence-corrected chi connectivity index (χ3v) is 5.75. The predicted molar refractivity (Wildman–Crippen MR) is 98.1 cm³/mol. The number of benzene rings is 1. The van der Waals surface area contributed by atoms with E-state index in [1.165, 1.54) is 23.4 Å². The fraction of sp³-hybridized carbons (Fsp3) is 0.333. The molecule has 2 aromatic rings. The molecule has 3 nitrogen and oxygen atoms in total. The molecule has 1 aromatic carbocycles. The highest BCUT2D eigenvalue weighted by atomic mass is 79.9. The highest BCUT2D eigenvalue weighted by molar-refractivity contribution is 9.11. The van der Waals surface area contributed by atoms with Gasteiger partial charge in [0.15, 0.2) is 0 Å². The van der Waals surface area contributed by atoms with E-state index in [0.717, 1.165) is 34.0 Å². The molecular weight excluding hydrogens is 439 g/mol. The molecule has 0 N–H and O–H groups in total. The summed E-state index contributed by atoms with van der Waals surface area (Å²) in [6.07, 6.45) is 3.97. The van der Waals surface area contributed by atoms with Gasteiger partial charge in [-0.15, -0.1) is 0 Å². The molecule has 6 heteroatoms. The van der Waals surface area contributed by atoms with Crippen molar-refractivity contribution >= 4 is 37.8 Å². The van der Waals surface area contributed by atoms with Crippen LogP contribution in [0.25, 0.3) is 0 Å². The van der Waals surface area contributed by atoms with Gasteiger partial charge in [-0.25, -0.2) is 4.39 Å². The first-order valence-corrected chi connectivity index (χ1v) is 9.47. The Morgan fingerprint density at radius 3 is 2.62 bits per heavy atom. The average molecular weight is 456 g/mol. The van der Waals surface area contributed by atoms with Crippen molar-refractivity contribution < 1.29 is 9.18 Å². The van der Waals surface area contributed by atoms with E-state index in [2.05, 4.69) is 36.8 Å². The van der Waals surface area contributed by atoms with Crippen LogP contribution in [0, 0.1) is 5.82 Å². The van der Waals surface area contributed by atoms with Gasteiger partial charge in [-0.05, 0) is 54.7 Å². The topological polar surface area (TPSA) is 33.2 Å². The van der Waals surface area contributed by atoms with Crippen molar-refractivity contribution in [3.63, 3.8) is 0 Å². The lowest BCUT2D eigenvalue weighted by atomic mass is 9.99. The Labute approximate surface area is 157 Å². The van der Waals surface area contributed by atoms with Gasteiger partial charge >= 0.3 is 0 Å². The molecular formula is C18H17Br2FN2O. The number of aromatic nitrogens is 1. The van der Waals surface area contributed by atoms with Crippen LogP contribution in [0.4, 0.5) is 4.39 Å². The molecule has 3 rings (SSSR count). The smallest absolute Gasteiger partial charge is 0.222 e. The minimum Gasteiger partial charge on any atom is -0.338 e. The van der Waals surface area contributed by atoms with Crippen molar-refractivity contribution in [2.24, 2.45) is 0 Å². The molecule has 1 amide bonds. The molecule has 0 radical (unpaired) electrons.